The highest BCUT2D eigenvalue weighted by Gasteiger charge is 2.26. The summed E-state index contributed by atoms with van der Waals surface area (Å²) in [5.74, 6) is -0.0554. The fraction of sp³-hybridized carbons (Fsp3) is 0.850. The minimum atomic E-state index is -0.534. The Morgan fingerprint density at radius 3 is 2.30 bits per heavy atom. The van der Waals surface area contributed by atoms with Crippen LogP contribution in [0.3, 0.4) is 0 Å². The Balaban J connectivity index is 3.57. The minimum absolute atomic E-state index is 0.121. The van der Waals surface area contributed by atoms with E-state index in [0.717, 1.165) is 12.8 Å². The number of nitrogens with one attached hydrogen (secondary N) is 1. The van der Waals surface area contributed by atoms with E-state index in [1.165, 1.54) is 0 Å². The van der Waals surface area contributed by atoms with Gasteiger partial charge >= 0.3 is 18.0 Å². The third kappa shape index (κ3) is 13.1. The number of hydrogen-bond donors (Lipinski definition) is 1. The summed E-state index contributed by atoms with van der Waals surface area (Å²) in [5, 5.41) is 2.54. The molecule has 0 aromatic carbocycles. The molecule has 0 rings (SSSR count). The highest BCUT2D eigenvalue weighted by atomic mass is 16.6. The molecular formula is C20H37NO6. The van der Waals surface area contributed by atoms with Crippen molar-refractivity contribution in [3.63, 3.8) is 0 Å². The van der Waals surface area contributed by atoms with Crippen LogP contribution >= 0.6 is 0 Å². The van der Waals surface area contributed by atoms with Gasteiger partial charge in [0.05, 0.1) is 25.2 Å². The van der Waals surface area contributed by atoms with Crippen LogP contribution in [-0.2, 0) is 23.8 Å². The van der Waals surface area contributed by atoms with E-state index in [-0.39, 0.29) is 31.7 Å². The Kier molecular flexibility index (Phi) is 13.3. The number of carbonyl (C=O) groups excluding carboxylic acids is 3. The van der Waals surface area contributed by atoms with Crippen molar-refractivity contribution < 1.29 is 28.6 Å². The summed E-state index contributed by atoms with van der Waals surface area (Å²) in [6, 6.07) is 0. The summed E-state index contributed by atoms with van der Waals surface area (Å²) < 4.78 is 15.3. The predicted octanol–water partition coefficient (Wildman–Crippen LogP) is 3.84. The lowest BCUT2D eigenvalue weighted by Gasteiger charge is -2.20. The van der Waals surface area contributed by atoms with Gasteiger partial charge in [0.1, 0.15) is 6.61 Å². The van der Waals surface area contributed by atoms with E-state index < -0.39 is 11.5 Å². The topological polar surface area (TPSA) is 90.9 Å². The number of rotatable bonds is 14. The van der Waals surface area contributed by atoms with Crippen LogP contribution in [0.1, 0.15) is 73.1 Å². The number of unbranched alkanes of at least 4 members (excludes halogenated alkanes) is 2. The Labute approximate surface area is 163 Å². The van der Waals surface area contributed by atoms with Crippen LogP contribution in [0.15, 0.2) is 0 Å². The number of carbonyl (C=O) groups is 3. The Morgan fingerprint density at radius 1 is 0.963 bits per heavy atom. The second-order valence-corrected chi connectivity index (χ2v) is 7.44. The highest BCUT2D eigenvalue weighted by Crippen LogP contribution is 2.21. The summed E-state index contributed by atoms with van der Waals surface area (Å²) in [6.45, 7) is 10.8. The molecule has 1 amide bonds. The van der Waals surface area contributed by atoms with Gasteiger partial charge in [-0.1, -0.05) is 27.2 Å². The van der Waals surface area contributed by atoms with Gasteiger partial charge in [0, 0.05) is 6.42 Å². The molecule has 0 spiro atoms. The highest BCUT2D eigenvalue weighted by molar-refractivity contribution is 5.75. The van der Waals surface area contributed by atoms with E-state index >= 15 is 0 Å². The van der Waals surface area contributed by atoms with E-state index in [0.29, 0.717) is 38.2 Å². The number of alkyl carbamates (subject to hydrolysis) is 1. The van der Waals surface area contributed by atoms with E-state index in [9.17, 15) is 14.4 Å². The maximum Gasteiger partial charge on any atom is 0.407 e. The summed E-state index contributed by atoms with van der Waals surface area (Å²) >= 11 is 0. The molecular weight excluding hydrogens is 350 g/mol. The molecule has 7 nitrogen and oxygen atoms in total. The lowest BCUT2D eigenvalue weighted by Crippen LogP contribution is -2.32. The number of hydrogen-bond acceptors (Lipinski definition) is 6. The molecule has 0 bridgehead atoms. The molecule has 0 aromatic heterocycles. The van der Waals surface area contributed by atoms with Gasteiger partial charge < -0.3 is 19.5 Å². The van der Waals surface area contributed by atoms with Crippen molar-refractivity contribution in [3.8, 4) is 0 Å². The van der Waals surface area contributed by atoms with Gasteiger partial charge in [0.25, 0.3) is 0 Å². The molecule has 0 aliphatic carbocycles. The minimum Gasteiger partial charge on any atom is -0.465 e. The molecule has 7 heteroatoms. The fourth-order valence-corrected chi connectivity index (χ4v) is 1.83. The van der Waals surface area contributed by atoms with Crippen molar-refractivity contribution in [2.45, 2.75) is 73.1 Å². The van der Waals surface area contributed by atoms with Crippen LogP contribution in [-0.4, -0.2) is 44.4 Å². The molecule has 0 heterocycles. The van der Waals surface area contributed by atoms with E-state index in [1.54, 1.807) is 0 Å². The van der Waals surface area contributed by atoms with Crippen LogP contribution in [0.2, 0.25) is 0 Å². The van der Waals surface area contributed by atoms with Gasteiger partial charge in [0.2, 0.25) is 0 Å². The van der Waals surface area contributed by atoms with Crippen molar-refractivity contribution >= 4 is 18.0 Å². The molecule has 0 aromatic rings. The largest absolute Gasteiger partial charge is 0.465 e. The third-order valence-corrected chi connectivity index (χ3v) is 4.53. The van der Waals surface area contributed by atoms with Crippen molar-refractivity contribution in [3.05, 3.63) is 0 Å². The molecule has 0 aliphatic heterocycles. The van der Waals surface area contributed by atoms with E-state index in [4.69, 9.17) is 14.2 Å². The fourth-order valence-electron chi connectivity index (χ4n) is 1.83. The molecule has 1 atom stereocenters. The van der Waals surface area contributed by atoms with Crippen LogP contribution in [0, 0.1) is 11.3 Å². The lowest BCUT2D eigenvalue weighted by atomic mass is 9.91. The van der Waals surface area contributed by atoms with Gasteiger partial charge in [-0.2, -0.15) is 0 Å². The average Bonchev–Trinajstić information content (AvgIpc) is 2.65. The van der Waals surface area contributed by atoms with Crippen molar-refractivity contribution in [1.29, 1.82) is 0 Å². The SMILES string of the molecule is CCC(C)COC(=O)CCCCCOC(=O)NCCOC(=O)C(C)(C)CC. The molecule has 0 saturated heterocycles. The zero-order valence-electron chi connectivity index (χ0n) is 17.6. The first kappa shape index (κ1) is 25.2. The first-order chi connectivity index (χ1) is 12.7. The Bertz CT molecular complexity index is 450. The molecule has 0 saturated carbocycles. The van der Waals surface area contributed by atoms with E-state index in [2.05, 4.69) is 12.2 Å². The van der Waals surface area contributed by atoms with Gasteiger partial charge in [-0.25, -0.2) is 4.79 Å². The van der Waals surface area contributed by atoms with Crippen molar-refractivity contribution in [2.75, 3.05) is 26.4 Å². The summed E-state index contributed by atoms with van der Waals surface area (Å²) in [5.41, 5.74) is -0.513. The first-order valence-electron chi connectivity index (χ1n) is 9.96. The zero-order chi connectivity index (χ0) is 20.7. The standard InChI is InChI=1S/C20H37NO6/c1-6-16(3)15-27-17(22)11-9-8-10-13-26-19(24)21-12-14-25-18(23)20(4,5)7-2/h16H,6-15H2,1-5H3,(H,21,24). The molecule has 27 heavy (non-hydrogen) atoms. The maximum atomic E-state index is 11.8. The molecule has 158 valence electrons. The average molecular weight is 388 g/mol. The van der Waals surface area contributed by atoms with Crippen molar-refractivity contribution in [1.82, 2.24) is 5.32 Å². The Morgan fingerprint density at radius 2 is 1.67 bits per heavy atom. The predicted molar refractivity (Wildman–Crippen MR) is 103 cm³/mol. The second kappa shape index (κ2) is 14.3. The van der Waals surface area contributed by atoms with Gasteiger partial charge in [0.15, 0.2) is 0 Å². The van der Waals surface area contributed by atoms with Crippen LogP contribution in [0.5, 0.6) is 0 Å². The smallest absolute Gasteiger partial charge is 0.407 e. The van der Waals surface area contributed by atoms with Gasteiger partial charge in [-0.15, -0.1) is 0 Å². The molecule has 0 aliphatic rings. The Hall–Kier alpha value is -1.79. The molecule has 0 radical (unpaired) electrons. The molecule has 0 fully saturated rings. The van der Waals surface area contributed by atoms with Crippen LogP contribution < -0.4 is 5.32 Å². The number of amides is 1. The lowest BCUT2D eigenvalue weighted by molar-refractivity contribution is -0.154. The van der Waals surface area contributed by atoms with Gasteiger partial charge in [-0.3, -0.25) is 9.59 Å². The maximum absolute atomic E-state index is 11.8. The molecule has 1 N–H and O–H groups in total. The van der Waals surface area contributed by atoms with E-state index in [1.807, 2.05) is 27.7 Å². The normalized spacial score (nSPS) is 12.2. The zero-order valence-corrected chi connectivity index (χ0v) is 17.6. The van der Waals surface area contributed by atoms with Crippen LogP contribution in [0.4, 0.5) is 4.79 Å². The second-order valence-electron chi connectivity index (χ2n) is 7.44. The van der Waals surface area contributed by atoms with Gasteiger partial charge in [-0.05, 0) is 45.4 Å². The number of esters is 2. The third-order valence-electron chi connectivity index (χ3n) is 4.53. The molecule has 1 unspecified atom stereocenters. The quantitative estimate of drug-likeness (QED) is 0.277. The van der Waals surface area contributed by atoms with Crippen LogP contribution in [0.25, 0.3) is 0 Å². The summed E-state index contributed by atoms with van der Waals surface area (Å²) in [7, 11) is 0. The number of ether oxygens (including phenoxy) is 3. The van der Waals surface area contributed by atoms with Crippen molar-refractivity contribution in [2.24, 2.45) is 11.3 Å². The first-order valence-corrected chi connectivity index (χ1v) is 9.96. The monoisotopic (exact) mass is 387 g/mol. The summed E-state index contributed by atoms with van der Waals surface area (Å²) in [6.07, 6.45) is 3.73. The summed E-state index contributed by atoms with van der Waals surface area (Å²) in [4.78, 5) is 34.8.